The molecule has 1 aromatic carbocycles. The summed E-state index contributed by atoms with van der Waals surface area (Å²) in [6.07, 6.45) is 1.52. The number of benzene rings is 1. The highest BCUT2D eigenvalue weighted by Gasteiger charge is 2.24. The van der Waals surface area contributed by atoms with Gasteiger partial charge in [0.05, 0.1) is 4.90 Å². The monoisotopic (exact) mass is 395 g/mol. The van der Waals surface area contributed by atoms with Crippen LogP contribution in [0.1, 0.15) is 12.8 Å². The second-order valence-electron chi connectivity index (χ2n) is 7.17. The van der Waals surface area contributed by atoms with E-state index in [1.165, 1.54) is 12.1 Å². The fourth-order valence-electron chi connectivity index (χ4n) is 2.84. The average Bonchev–Trinajstić information content (AvgIpc) is 2.59. The molecule has 0 saturated heterocycles. The molecule has 0 bridgehead atoms. The van der Waals surface area contributed by atoms with Crippen molar-refractivity contribution in [3.8, 4) is 0 Å². The Bertz CT molecular complexity index is 893. The third-order valence-electron chi connectivity index (χ3n) is 4.25. The molecule has 0 amide bonds. The van der Waals surface area contributed by atoms with Crippen LogP contribution in [0.2, 0.25) is 0 Å². The van der Waals surface area contributed by atoms with Gasteiger partial charge in [0, 0.05) is 24.5 Å². The molecule has 0 fully saturated rings. The molecule has 27 heavy (non-hydrogen) atoms. The predicted octanol–water partition coefficient (Wildman–Crippen LogP) is 1.69. The van der Waals surface area contributed by atoms with Gasteiger partial charge in [0.15, 0.2) is 0 Å². The van der Waals surface area contributed by atoms with E-state index < -0.39 is 15.6 Å². The summed E-state index contributed by atoms with van der Waals surface area (Å²) < 4.78 is 33.1. The van der Waals surface area contributed by atoms with E-state index in [1.807, 2.05) is 38.0 Å². The Morgan fingerprint density at radius 3 is 2.00 bits per heavy atom. The molecule has 0 N–H and O–H groups in total. The molecule has 0 radical (unpaired) electrons. The van der Waals surface area contributed by atoms with Crippen molar-refractivity contribution in [3.63, 3.8) is 0 Å². The van der Waals surface area contributed by atoms with Crippen molar-refractivity contribution in [2.75, 3.05) is 54.4 Å². The van der Waals surface area contributed by atoms with E-state index in [-0.39, 0.29) is 4.90 Å². The summed E-state index contributed by atoms with van der Waals surface area (Å²) in [6, 6.07) is 7.50. The maximum atomic E-state index is 13.2. The molecule has 0 spiro atoms. The van der Waals surface area contributed by atoms with Crippen molar-refractivity contribution in [1.82, 2.24) is 14.1 Å². The maximum absolute atomic E-state index is 13.2. The van der Waals surface area contributed by atoms with Crippen molar-refractivity contribution in [1.29, 1.82) is 0 Å². The second kappa shape index (κ2) is 9.45. The highest BCUT2D eigenvalue weighted by Crippen LogP contribution is 2.21. The molecule has 2 rings (SSSR count). The highest BCUT2D eigenvalue weighted by molar-refractivity contribution is 7.89. The van der Waals surface area contributed by atoms with Crippen LogP contribution in [0.25, 0.3) is 11.0 Å². The van der Waals surface area contributed by atoms with Gasteiger partial charge in [-0.15, -0.1) is 0 Å². The molecule has 0 aliphatic carbocycles. The first kappa shape index (κ1) is 21.6. The average molecular weight is 396 g/mol. The molecule has 0 aliphatic rings. The minimum Gasteiger partial charge on any atom is -0.423 e. The van der Waals surface area contributed by atoms with Gasteiger partial charge in [-0.25, -0.2) is 13.2 Å². The maximum Gasteiger partial charge on any atom is 0.336 e. The lowest BCUT2D eigenvalue weighted by atomic mass is 10.2. The number of hydrogen-bond donors (Lipinski definition) is 0. The van der Waals surface area contributed by atoms with Gasteiger partial charge in [0.2, 0.25) is 10.0 Å². The fourth-order valence-corrected chi connectivity index (χ4v) is 4.39. The van der Waals surface area contributed by atoms with E-state index in [4.69, 9.17) is 4.42 Å². The van der Waals surface area contributed by atoms with Gasteiger partial charge in [-0.2, -0.15) is 4.31 Å². The quantitative estimate of drug-likeness (QED) is 0.570. The molecule has 1 aromatic heterocycles. The van der Waals surface area contributed by atoms with E-state index in [0.29, 0.717) is 24.1 Å². The molecule has 0 unspecified atom stereocenters. The van der Waals surface area contributed by atoms with Crippen LogP contribution >= 0.6 is 0 Å². The zero-order valence-electron chi connectivity index (χ0n) is 16.5. The summed E-state index contributed by atoms with van der Waals surface area (Å²) in [4.78, 5) is 15.6. The smallest absolute Gasteiger partial charge is 0.336 e. The minimum absolute atomic E-state index is 0.221. The lowest BCUT2D eigenvalue weighted by Gasteiger charge is -2.24. The molecule has 7 nitrogen and oxygen atoms in total. The van der Waals surface area contributed by atoms with Crippen LogP contribution in [-0.4, -0.2) is 76.9 Å². The Morgan fingerprint density at radius 2 is 1.44 bits per heavy atom. The van der Waals surface area contributed by atoms with E-state index in [1.54, 1.807) is 22.5 Å². The molecular weight excluding hydrogens is 366 g/mol. The van der Waals surface area contributed by atoms with E-state index in [9.17, 15) is 13.2 Å². The Balaban J connectivity index is 2.27. The molecule has 0 aliphatic heterocycles. The van der Waals surface area contributed by atoms with E-state index >= 15 is 0 Å². The first-order valence-electron chi connectivity index (χ1n) is 9.03. The highest BCUT2D eigenvalue weighted by atomic mass is 32.2. The normalized spacial score (nSPS) is 12.6. The third-order valence-corrected chi connectivity index (χ3v) is 6.15. The Morgan fingerprint density at radius 1 is 0.852 bits per heavy atom. The standard InChI is InChI=1S/C19H29N3O4S/c1-20(2)11-5-13-22(14-6-12-21(3)4)27(24,25)17-8-9-18-16(15-17)7-10-19(23)26-18/h7-10,15H,5-6,11-14H2,1-4H3. The number of sulfonamides is 1. The molecule has 2 aromatic rings. The zero-order chi connectivity index (χ0) is 20.0. The van der Waals surface area contributed by atoms with Crippen LogP contribution in [0.15, 0.2) is 44.4 Å². The SMILES string of the molecule is CN(C)CCCN(CCCN(C)C)S(=O)(=O)c1ccc2oc(=O)ccc2c1. The summed E-state index contributed by atoms with van der Waals surface area (Å²) in [5.41, 5.74) is -0.0691. The van der Waals surface area contributed by atoms with E-state index in [0.717, 1.165) is 25.9 Å². The lowest BCUT2D eigenvalue weighted by molar-refractivity contribution is 0.326. The minimum atomic E-state index is -3.62. The molecule has 0 saturated carbocycles. The van der Waals surface area contributed by atoms with Crippen molar-refractivity contribution in [2.24, 2.45) is 0 Å². The Labute approximate surface area is 161 Å². The van der Waals surface area contributed by atoms with Gasteiger partial charge < -0.3 is 14.2 Å². The molecule has 150 valence electrons. The summed E-state index contributed by atoms with van der Waals surface area (Å²) in [7, 11) is 4.27. The summed E-state index contributed by atoms with van der Waals surface area (Å²) >= 11 is 0. The molecular formula is C19H29N3O4S. The largest absolute Gasteiger partial charge is 0.423 e. The molecule has 0 atom stereocenters. The molecule has 8 heteroatoms. The predicted molar refractivity (Wildman–Crippen MR) is 108 cm³/mol. The number of nitrogens with zero attached hydrogens (tertiary/aromatic N) is 3. The Kier molecular flexibility index (Phi) is 7.55. The van der Waals surface area contributed by atoms with Gasteiger partial charge in [-0.1, -0.05) is 0 Å². The van der Waals surface area contributed by atoms with Crippen LogP contribution in [-0.2, 0) is 10.0 Å². The molecule has 1 heterocycles. The van der Waals surface area contributed by atoms with Crippen LogP contribution < -0.4 is 5.63 Å². The first-order valence-corrected chi connectivity index (χ1v) is 10.5. The number of hydrogen-bond acceptors (Lipinski definition) is 6. The van der Waals surface area contributed by atoms with Gasteiger partial charge in [0.25, 0.3) is 0 Å². The van der Waals surface area contributed by atoms with Crippen molar-refractivity contribution < 1.29 is 12.8 Å². The van der Waals surface area contributed by atoms with Crippen LogP contribution in [0, 0.1) is 0 Å². The lowest BCUT2D eigenvalue weighted by Crippen LogP contribution is -2.35. The van der Waals surface area contributed by atoms with Crippen molar-refractivity contribution in [3.05, 3.63) is 40.8 Å². The first-order chi connectivity index (χ1) is 12.7. The van der Waals surface area contributed by atoms with Gasteiger partial charge in [0.1, 0.15) is 5.58 Å². The topological polar surface area (TPSA) is 74.1 Å². The van der Waals surface area contributed by atoms with Gasteiger partial charge in [-0.05, 0) is 78.4 Å². The summed E-state index contributed by atoms with van der Waals surface area (Å²) in [5.74, 6) is 0. The van der Waals surface area contributed by atoms with Crippen LogP contribution in [0.4, 0.5) is 0 Å². The number of rotatable bonds is 10. The second-order valence-corrected chi connectivity index (χ2v) is 9.11. The zero-order valence-corrected chi connectivity index (χ0v) is 17.3. The Hall–Kier alpha value is -1.74. The third kappa shape index (κ3) is 6.14. The van der Waals surface area contributed by atoms with E-state index in [2.05, 4.69) is 0 Å². The summed E-state index contributed by atoms with van der Waals surface area (Å²) in [5, 5.41) is 0.595. The summed E-state index contributed by atoms with van der Waals surface area (Å²) in [6.45, 7) is 2.58. The van der Waals surface area contributed by atoms with Crippen molar-refractivity contribution in [2.45, 2.75) is 17.7 Å². The van der Waals surface area contributed by atoms with Crippen molar-refractivity contribution >= 4 is 21.0 Å². The van der Waals surface area contributed by atoms with Crippen LogP contribution in [0.5, 0.6) is 0 Å². The van der Waals surface area contributed by atoms with Gasteiger partial charge in [-0.3, -0.25) is 0 Å². The van der Waals surface area contributed by atoms with Gasteiger partial charge >= 0.3 is 5.63 Å². The fraction of sp³-hybridized carbons (Fsp3) is 0.526. The number of fused-ring (bicyclic) bond motifs is 1. The van der Waals surface area contributed by atoms with Crippen LogP contribution in [0.3, 0.4) is 0 Å².